The molecule has 0 saturated carbocycles. The summed E-state index contributed by atoms with van der Waals surface area (Å²) in [4.78, 5) is 12.2. The topological polar surface area (TPSA) is 106 Å². The van der Waals surface area contributed by atoms with E-state index in [-0.39, 0.29) is 11.6 Å². The van der Waals surface area contributed by atoms with Crippen molar-refractivity contribution in [2.75, 3.05) is 10.0 Å². The Morgan fingerprint density at radius 1 is 1.24 bits per heavy atom. The number of aryl methyl sites for hydroxylation is 1. The Bertz CT molecular complexity index is 752. The fourth-order valence-electron chi connectivity index (χ4n) is 1.92. The van der Waals surface area contributed by atoms with Crippen molar-refractivity contribution in [2.24, 2.45) is 5.14 Å². The van der Waals surface area contributed by atoms with E-state index in [0.29, 0.717) is 17.9 Å². The zero-order valence-electron chi connectivity index (χ0n) is 11.4. The van der Waals surface area contributed by atoms with Gasteiger partial charge in [0.1, 0.15) is 5.69 Å². The van der Waals surface area contributed by atoms with Crippen LogP contribution in [0.2, 0.25) is 0 Å². The lowest BCUT2D eigenvalue weighted by Gasteiger charge is -2.09. The highest BCUT2D eigenvalue weighted by atomic mass is 32.2. The molecule has 21 heavy (non-hydrogen) atoms. The second-order valence-electron chi connectivity index (χ2n) is 4.36. The molecule has 0 bridgehead atoms. The van der Waals surface area contributed by atoms with Gasteiger partial charge in [0.15, 0.2) is 0 Å². The van der Waals surface area contributed by atoms with Gasteiger partial charge in [-0.25, -0.2) is 5.14 Å². The Morgan fingerprint density at radius 2 is 1.95 bits per heavy atom. The molecule has 7 nitrogen and oxygen atoms in total. The van der Waals surface area contributed by atoms with Gasteiger partial charge in [0.25, 0.3) is 16.1 Å². The van der Waals surface area contributed by atoms with E-state index in [1.807, 2.05) is 17.7 Å². The number of carbonyl (C=O) groups excluding carboxylic acids is 1. The van der Waals surface area contributed by atoms with Gasteiger partial charge in [0.05, 0.1) is 5.69 Å². The number of rotatable bonds is 5. The predicted octanol–water partition coefficient (Wildman–Crippen LogP) is 1.38. The fraction of sp³-hybridized carbons (Fsp3) is 0.154. The van der Waals surface area contributed by atoms with Crippen molar-refractivity contribution in [1.82, 2.24) is 4.57 Å². The van der Waals surface area contributed by atoms with Gasteiger partial charge in [-0.1, -0.05) is 6.07 Å². The highest BCUT2D eigenvalue weighted by Gasteiger charge is 2.10. The monoisotopic (exact) mass is 308 g/mol. The number of carbonyl (C=O) groups is 1. The zero-order valence-corrected chi connectivity index (χ0v) is 12.2. The van der Waals surface area contributed by atoms with E-state index in [9.17, 15) is 13.2 Å². The smallest absolute Gasteiger partial charge is 0.296 e. The van der Waals surface area contributed by atoms with Gasteiger partial charge in [-0.2, -0.15) is 8.42 Å². The number of nitrogens with two attached hydrogens (primary N) is 1. The van der Waals surface area contributed by atoms with E-state index in [4.69, 9.17) is 5.14 Å². The van der Waals surface area contributed by atoms with Crippen LogP contribution in [-0.4, -0.2) is 18.9 Å². The van der Waals surface area contributed by atoms with Crippen LogP contribution < -0.4 is 15.2 Å². The molecule has 0 aliphatic heterocycles. The van der Waals surface area contributed by atoms with Gasteiger partial charge in [-0.3, -0.25) is 9.52 Å². The van der Waals surface area contributed by atoms with Gasteiger partial charge in [0, 0.05) is 18.4 Å². The van der Waals surface area contributed by atoms with E-state index in [1.54, 1.807) is 24.3 Å². The average molecular weight is 308 g/mol. The molecule has 0 saturated heterocycles. The summed E-state index contributed by atoms with van der Waals surface area (Å²) >= 11 is 0. The van der Waals surface area contributed by atoms with E-state index in [2.05, 4.69) is 10.0 Å². The summed E-state index contributed by atoms with van der Waals surface area (Å²) in [5, 5.41) is 7.61. The lowest BCUT2D eigenvalue weighted by Crippen LogP contribution is -2.22. The summed E-state index contributed by atoms with van der Waals surface area (Å²) in [5.74, 6) is -0.269. The standard InChI is InChI=1S/C13H16N4O3S/c1-2-17-8-4-7-12(17)13(18)15-10-5-3-6-11(9-10)16-21(14,19)20/h3-9,16H,2H2,1H3,(H,15,18)(H2,14,19,20). The molecule has 1 aromatic carbocycles. The molecule has 1 aromatic heterocycles. The second-order valence-corrected chi connectivity index (χ2v) is 5.66. The normalized spacial score (nSPS) is 11.1. The lowest BCUT2D eigenvalue weighted by molar-refractivity contribution is 0.101. The molecule has 2 rings (SSSR count). The first-order valence-electron chi connectivity index (χ1n) is 6.26. The van der Waals surface area contributed by atoms with E-state index >= 15 is 0 Å². The van der Waals surface area contributed by atoms with Crippen LogP contribution in [0.5, 0.6) is 0 Å². The maximum Gasteiger partial charge on any atom is 0.296 e. The molecule has 0 spiro atoms. The Hall–Kier alpha value is -2.32. The molecule has 4 N–H and O–H groups in total. The Morgan fingerprint density at radius 3 is 2.62 bits per heavy atom. The number of nitrogens with one attached hydrogen (secondary N) is 2. The van der Waals surface area contributed by atoms with Crippen LogP contribution >= 0.6 is 0 Å². The lowest BCUT2D eigenvalue weighted by atomic mass is 10.2. The highest BCUT2D eigenvalue weighted by molar-refractivity contribution is 7.90. The molecule has 0 unspecified atom stereocenters. The number of aromatic nitrogens is 1. The van der Waals surface area contributed by atoms with Crippen LogP contribution in [0.3, 0.4) is 0 Å². The molecule has 0 aliphatic rings. The predicted molar refractivity (Wildman–Crippen MR) is 81.2 cm³/mol. The SMILES string of the molecule is CCn1cccc1C(=O)Nc1cccc(NS(N)(=O)=O)c1. The molecule has 8 heteroatoms. The number of benzene rings is 1. The largest absolute Gasteiger partial charge is 0.344 e. The minimum atomic E-state index is -3.84. The molecule has 0 radical (unpaired) electrons. The number of anilines is 2. The molecule has 2 aromatic rings. The van der Waals surface area contributed by atoms with E-state index in [1.165, 1.54) is 12.1 Å². The summed E-state index contributed by atoms with van der Waals surface area (Å²) in [6.45, 7) is 2.62. The van der Waals surface area contributed by atoms with Gasteiger partial charge in [-0.05, 0) is 37.3 Å². The molecule has 1 heterocycles. The molecule has 0 fully saturated rings. The summed E-state index contributed by atoms with van der Waals surface area (Å²) in [7, 11) is -3.84. The van der Waals surface area contributed by atoms with E-state index in [0.717, 1.165) is 0 Å². The Labute approximate surface area is 122 Å². The maximum atomic E-state index is 12.2. The molecular formula is C13H16N4O3S. The third kappa shape index (κ3) is 4.07. The van der Waals surface area contributed by atoms with Gasteiger partial charge >= 0.3 is 0 Å². The second kappa shape index (κ2) is 5.98. The number of amides is 1. The van der Waals surface area contributed by atoms with Crippen molar-refractivity contribution in [1.29, 1.82) is 0 Å². The fourth-order valence-corrected chi connectivity index (χ4v) is 2.37. The summed E-state index contributed by atoms with van der Waals surface area (Å²) in [5.41, 5.74) is 1.28. The van der Waals surface area contributed by atoms with Crippen LogP contribution in [0.15, 0.2) is 42.6 Å². The van der Waals surface area contributed by atoms with Crippen LogP contribution in [0.25, 0.3) is 0 Å². The molecule has 0 atom stereocenters. The van der Waals surface area contributed by atoms with Crippen LogP contribution in [-0.2, 0) is 16.8 Å². The minimum absolute atomic E-state index is 0.269. The van der Waals surface area contributed by atoms with Crippen LogP contribution in [0, 0.1) is 0 Å². The van der Waals surface area contributed by atoms with Crippen molar-refractivity contribution in [2.45, 2.75) is 13.5 Å². The van der Waals surface area contributed by atoms with Crippen molar-refractivity contribution < 1.29 is 13.2 Å². The van der Waals surface area contributed by atoms with E-state index < -0.39 is 10.2 Å². The average Bonchev–Trinajstić information content (AvgIpc) is 2.85. The summed E-state index contributed by atoms with van der Waals surface area (Å²) in [6, 6.07) is 9.80. The van der Waals surface area contributed by atoms with Crippen molar-refractivity contribution in [3.05, 3.63) is 48.3 Å². The third-order valence-corrected chi connectivity index (χ3v) is 3.30. The number of hydrogen-bond donors (Lipinski definition) is 3. The number of hydrogen-bond acceptors (Lipinski definition) is 3. The zero-order chi connectivity index (χ0) is 15.5. The Kier molecular flexibility index (Phi) is 4.29. The van der Waals surface area contributed by atoms with Crippen molar-refractivity contribution in [3.8, 4) is 0 Å². The summed E-state index contributed by atoms with van der Waals surface area (Å²) < 4.78 is 25.9. The van der Waals surface area contributed by atoms with Crippen molar-refractivity contribution >= 4 is 27.5 Å². The van der Waals surface area contributed by atoms with Gasteiger partial charge in [0.2, 0.25) is 0 Å². The maximum absolute atomic E-state index is 12.2. The van der Waals surface area contributed by atoms with Crippen LogP contribution in [0.1, 0.15) is 17.4 Å². The molecule has 0 aliphatic carbocycles. The first kappa shape index (κ1) is 15.1. The molecule has 112 valence electrons. The van der Waals surface area contributed by atoms with Gasteiger partial charge < -0.3 is 9.88 Å². The quantitative estimate of drug-likeness (QED) is 0.776. The highest BCUT2D eigenvalue weighted by Crippen LogP contribution is 2.16. The van der Waals surface area contributed by atoms with Gasteiger partial charge in [-0.15, -0.1) is 0 Å². The summed E-state index contributed by atoms with van der Waals surface area (Å²) in [6.07, 6.45) is 1.81. The molecule has 1 amide bonds. The minimum Gasteiger partial charge on any atom is -0.344 e. The van der Waals surface area contributed by atoms with Crippen molar-refractivity contribution in [3.63, 3.8) is 0 Å². The first-order valence-corrected chi connectivity index (χ1v) is 7.81. The van der Waals surface area contributed by atoms with Crippen LogP contribution in [0.4, 0.5) is 11.4 Å². The first-order chi connectivity index (χ1) is 9.89. The number of nitrogens with zero attached hydrogens (tertiary/aromatic N) is 1. The molecular weight excluding hydrogens is 292 g/mol. The third-order valence-electron chi connectivity index (χ3n) is 2.78. The Balaban J connectivity index is 2.16.